The van der Waals surface area contributed by atoms with Crippen LogP contribution in [0.15, 0.2) is 40.8 Å². The fraction of sp³-hybridized carbons (Fsp3) is 0.333. The van der Waals surface area contributed by atoms with Gasteiger partial charge in [0.15, 0.2) is 0 Å². The third kappa shape index (κ3) is 3.66. The van der Waals surface area contributed by atoms with Gasteiger partial charge < -0.3 is 14.5 Å². The summed E-state index contributed by atoms with van der Waals surface area (Å²) >= 11 is 0. The molecule has 19 heavy (non-hydrogen) atoms. The highest BCUT2D eigenvalue weighted by Crippen LogP contribution is 2.21. The van der Waals surface area contributed by atoms with E-state index in [1.54, 1.807) is 19.2 Å². The first-order valence-corrected chi connectivity index (χ1v) is 6.22. The molecule has 1 heterocycles. The number of rotatable bonds is 6. The molecule has 1 aromatic heterocycles. The van der Waals surface area contributed by atoms with Crippen LogP contribution in [-0.2, 0) is 17.8 Å². The molecule has 0 aliphatic rings. The van der Waals surface area contributed by atoms with Gasteiger partial charge in [0.2, 0.25) is 0 Å². The van der Waals surface area contributed by atoms with E-state index in [1.165, 1.54) is 6.07 Å². The monoisotopic (exact) mass is 263 g/mol. The van der Waals surface area contributed by atoms with Crippen LogP contribution in [0, 0.1) is 5.82 Å². The predicted molar refractivity (Wildman–Crippen MR) is 71.3 cm³/mol. The predicted octanol–water partition coefficient (Wildman–Crippen LogP) is 3.07. The van der Waals surface area contributed by atoms with Gasteiger partial charge in [-0.1, -0.05) is 12.1 Å². The molecule has 0 aliphatic heterocycles. The number of ether oxygens (including phenoxy) is 1. The molecule has 3 nitrogen and oxygen atoms in total. The normalized spacial score (nSPS) is 12.6. The molecule has 2 aromatic rings. The second-order valence-corrected chi connectivity index (χ2v) is 4.41. The van der Waals surface area contributed by atoms with Crippen LogP contribution in [0.4, 0.5) is 4.39 Å². The van der Waals surface area contributed by atoms with Crippen molar-refractivity contribution in [3.63, 3.8) is 0 Å². The van der Waals surface area contributed by atoms with E-state index >= 15 is 0 Å². The highest BCUT2D eigenvalue weighted by molar-refractivity contribution is 5.20. The summed E-state index contributed by atoms with van der Waals surface area (Å²) in [7, 11) is 3.49. The van der Waals surface area contributed by atoms with Gasteiger partial charge in [0.25, 0.3) is 0 Å². The van der Waals surface area contributed by atoms with Crippen LogP contribution in [0.1, 0.15) is 23.1 Å². The summed E-state index contributed by atoms with van der Waals surface area (Å²) in [6.07, 6.45) is 0.675. The molecular weight excluding hydrogens is 245 g/mol. The fourth-order valence-electron chi connectivity index (χ4n) is 2.05. The second kappa shape index (κ2) is 6.50. The third-order valence-electron chi connectivity index (χ3n) is 2.99. The third-order valence-corrected chi connectivity index (χ3v) is 2.99. The van der Waals surface area contributed by atoms with Crippen LogP contribution in [0.5, 0.6) is 0 Å². The standard InChI is InChI=1S/C15H18FNO2/c1-17-14(9-11-4-3-5-12(16)8-11)15-7-6-13(19-15)10-18-2/h3-8,14,17H,9-10H2,1-2H3. The number of halogens is 1. The first kappa shape index (κ1) is 13.8. The Morgan fingerprint density at radius 1 is 1.32 bits per heavy atom. The zero-order valence-electron chi connectivity index (χ0n) is 11.2. The maximum atomic E-state index is 13.2. The molecule has 1 unspecified atom stereocenters. The Morgan fingerprint density at radius 2 is 2.16 bits per heavy atom. The van der Waals surface area contributed by atoms with E-state index in [1.807, 2.05) is 25.2 Å². The first-order valence-electron chi connectivity index (χ1n) is 6.22. The van der Waals surface area contributed by atoms with Crippen molar-refractivity contribution in [2.75, 3.05) is 14.2 Å². The van der Waals surface area contributed by atoms with Crippen LogP contribution >= 0.6 is 0 Å². The molecule has 0 spiro atoms. The highest BCUT2D eigenvalue weighted by Gasteiger charge is 2.14. The van der Waals surface area contributed by atoms with Gasteiger partial charge in [0, 0.05) is 7.11 Å². The van der Waals surface area contributed by atoms with Crippen molar-refractivity contribution in [2.24, 2.45) is 0 Å². The number of furan rings is 1. The summed E-state index contributed by atoms with van der Waals surface area (Å²) in [6.45, 7) is 0.455. The van der Waals surface area contributed by atoms with Gasteiger partial charge in [0.05, 0.1) is 6.04 Å². The van der Waals surface area contributed by atoms with Gasteiger partial charge in [-0.25, -0.2) is 4.39 Å². The maximum absolute atomic E-state index is 13.2. The molecule has 1 aromatic carbocycles. The Morgan fingerprint density at radius 3 is 2.84 bits per heavy atom. The Balaban J connectivity index is 2.10. The zero-order valence-corrected chi connectivity index (χ0v) is 11.2. The second-order valence-electron chi connectivity index (χ2n) is 4.41. The van der Waals surface area contributed by atoms with Crippen molar-refractivity contribution in [1.82, 2.24) is 5.32 Å². The van der Waals surface area contributed by atoms with Gasteiger partial charge in [-0.05, 0) is 43.3 Å². The van der Waals surface area contributed by atoms with Crippen LogP contribution in [0.25, 0.3) is 0 Å². The van der Waals surface area contributed by atoms with Crippen molar-refractivity contribution in [3.8, 4) is 0 Å². The molecule has 1 N–H and O–H groups in total. The van der Waals surface area contributed by atoms with Crippen molar-refractivity contribution >= 4 is 0 Å². The van der Waals surface area contributed by atoms with E-state index in [4.69, 9.17) is 9.15 Å². The Hall–Kier alpha value is -1.65. The molecule has 0 fully saturated rings. The molecule has 2 rings (SSSR count). The summed E-state index contributed by atoms with van der Waals surface area (Å²) < 4.78 is 23.9. The summed E-state index contributed by atoms with van der Waals surface area (Å²) in [5, 5.41) is 3.18. The lowest BCUT2D eigenvalue weighted by Gasteiger charge is -2.13. The minimum Gasteiger partial charge on any atom is -0.462 e. The molecule has 102 valence electrons. The molecule has 4 heteroatoms. The lowest BCUT2D eigenvalue weighted by atomic mass is 10.0. The summed E-state index contributed by atoms with van der Waals surface area (Å²) in [4.78, 5) is 0. The molecule has 0 aliphatic carbocycles. The van der Waals surface area contributed by atoms with Crippen molar-refractivity contribution in [3.05, 3.63) is 59.3 Å². The van der Waals surface area contributed by atoms with Gasteiger partial charge in [-0.3, -0.25) is 0 Å². The van der Waals surface area contributed by atoms with Gasteiger partial charge >= 0.3 is 0 Å². The van der Waals surface area contributed by atoms with E-state index in [-0.39, 0.29) is 11.9 Å². The number of hydrogen-bond donors (Lipinski definition) is 1. The summed E-state index contributed by atoms with van der Waals surface area (Å²) in [5.74, 6) is 1.41. The van der Waals surface area contributed by atoms with Crippen LogP contribution in [0.3, 0.4) is 0 Å². The number of benzene rings is 1. The Labute approximate surface area is 112 Å². The fourth-order valence-corrected chi connectivity index (χ4v) is 2.05. The number of hydrogen-bond acceptors (Lipinski definition) is 3. The molecule has 0 amide bonds. The Kier molecular flexibility index (Phi) is 4.71. The van der Waals surface area contributed by atoms with E-state index in [9.17, 15) is 4.39 Å². The molecule has 1 atom stereocenters. The molecule has 0 radical (unpaired) electrons. The summed E-state index contributed by atoms with van der Waals surface area (Å²) in [5.41, 5.74) is 0.934. The van der Waals surface area contributed by atoms with E-state index in [0.29, 0.717) is 13.0 Å². The number of likely N-dealkylation sites (N-methyl/N-ethyl adjacent to an activating group) is 1. The zero-order chi connectivity index (χ0) is 13.7. The number of methoxy groups -OCH3 is 1. The smallest absolute Gasteiger partial charge is 0.129 e. The Bertz CT molecular complexity index is 524. The molecule has 0 bridgehead atoms. The van der Waals surface area contributed by atoms with Crippen LogP contribution < -0.4 is 5.32 Å². The average Bonchev–Trinajstić information content (AvgIpc) is 2.85. The van der Waals surface area contributed by atoms with E-state index < -0.39 is 0 Å². The van der Waals surface area contributed by atoms with E-state index in [2.05, 4.69) is 5.32 Å². The quantitative estimate of drug-likeness (QED) is 0.869. The van der Waals surface area contributed by atoms with Gasteiger partial charge in [-0.2, -0.15) is 0 Å². The lowest BCUT2D eigenvalue weighted by Crippen LogP contribution is -2.18. The first-order chi connectivity index (χ1) is 9.22. The lowest BCUT2D eigenvalue weighted by molar-refractivity contribution is 0.161. The molecule has 0 saturated heterocycles. The van der Waals surface area contributed by atoms with Crippen molar-refractivity contribution in [2.45, 2.75) is 19.1 Å². The van der Waals surface area contributed by atoms with Gasteiger partial charge in [-0.15, -0.1) is 0 Å². The molecular formula is C15H18FNO2. The summed E-state index contributed by atoms with van der Waals surface area (Å²) in [6, 6.07) is 10.5. The molecule has 0 saturated carbocycles. The van der Waals surface area contributed by atoms with Crippen molar-refractivity contribution < 1.29 is 13.5 Å². The number of nitrogens with one attached hydrogen (secondary N) is 1. The van der Waals surface area contributed by atoms with Crippen molar-refractivity contribution in [1.29, 1.82) is 0 Å². The van der Waals surface area contributed by atoms with Crippen LogP contribution in [-0.4, -0.2) is 14.2 Å². The van der Waals surface area contributed by atoms with Crippen LogP contribution in [0.2, 0.25) is 0 Å². The van der Waals surface area contributed by atoms with E-state index in [0.717, 1.165) is 17.1 Å². The average molecular weight is 263 g/mol. The topological polar surface area (TPSA) is 34.4 Å². The van der Waals surface area contributed by atoms with Gasteiger partial charge in [0.1, 0.15) is 23.9 Å². The minimum atomic E-state index is -0.216. The largest absolute Gasteiger partial charge is 0.462 e. The maximum Gasteiger partial charge on any atom is 0.129 e. The minimum absolute atomic E-state index is 0.0207. The SMILES string of the molecule is CNC(Cc1cccc(F)c1)c1ccc(COC)o1. The highest BCUT2D eigenvalue weighted by atomic mass is 19.1.